The summed E-state index contributed by atoms with van der Waals surface area (Å²) in [6.45, 7) is 6.32. The lowest BCUT2D eigenvalue weighted by molar-refractivity contribution is 0.596. The van der Waals surface area contributed by atoms with Crippen LogP contribution in [0.4, 0.5) is 10.2 Å². The first kappa shape index (κ1) is 12.9. The third kappa shape index (κ3) is 2.64. The van der Waals surface area contributed by atoms with Crippen molar-refractivity contribution in [1.29, 1.82) is 0 Å². The van der Waals surface area contributed by atoms with Gasteiger partial charge in [0.05, 0.1) is 22.9 Å². The van der Waals surface area contributed by atoms with Crippen LogP contribution >= 0.6 is 11.3 Å². The Balaban J connectivity index is 2.13. The second kappa shape index (κ2) is 5.39. The van der Waals surface area contributed by atoms with Gasteiger partial charge in [0.15, 0.2) is 11.6 Å². The van der Waals surface area contributed by atoms with Gasteiger partial charge in [0.2, 0.25) is 0 Å². The first-order chi connectivity index (χ1) is 8.61. The van der Waals surface area contributed by atoms with Crippen LogP contribution in [0.2, 0.25) is 0 Å². The van der Waals surface area contributed by atoms with Gasteiger partial charge >= 0.3 is 0 Å². The normalized spacial score (nSPS) is 10.7. The molecule has 2 aromatic heterocycles. The number of rotatable bonds is 4. The monoisotopic (exact) mass is 266 g/mol. The number of aryl methyl sites for hydroxylation is 3. The number of hydrogen-bond acceptors (Lipinski definition) is 5. The molecule has 0 saturated carbocycles. The zero-order chi connectivity index (χ0) is 13.1. The first-order valence-electron chi connectivity index (χ1n) is 5.78. The van der Waals surface area contributed by atoms with Crippen molar-refractivity contribution in [3.05, 3.63) is 33.4 Å². The molecular weight excluding hydrogens is 251 g/mol. The molecule has 0 spiro atoms. The van der Waals surface area contributed by atoms with Crippen molar-refractivity contribution in [3.8, 4) is 0 Å². The van der Waals surface area contributed by atoms with Crippen molar-refractivity contribution in [1.82, 2.24) is 15.0 Å². The fraction of sp³-hybridized carbons (Fsp3) is 0.417. The molecule has 0 aliphatic carbocycles. The van der Waals surface area contributed by atoms with E-state index in [9.17, 15) is 4.39 Å². The molecule has 6 heteroatoms. The number of thiazole rings is 1. The molecule has 96 valence electrons. The van der Waals surface area contributed by atoms with Crippen molar-refractivity contribution >= 4 is 17.2 Å². The molecule has 18 heavy (non-hydrogen) atoms. The molecule has 0 aromatic carbocycles. The molecule has 0 aliphatic rings. The van der Waals surface area contributed by atoms with E-state index < -0.39 is 0 Å². The van der Waals surface area contributed by atoms with Crippen LogP contribution in [-0.4, -0.2) is 15.0 Å². The summed E-state index contributed by atoms with van der Waals surface area (Å²) in [5.74, 6) is -0.105. The summed E-state index contributed by atoms with van der Waals surface area (Å²) in [4.78, 5) is 13.3. The minimum atomic E-state index is -0.362. The molecule has 4 nitrogen and oxygen atoms in total. The van der Waals surface area contributed by atoms with Gasteiger partial charge in [-0.05, 0) is 20.3 Å². The van der Waals surface area contributed by atoms with Gasteiger partial charge in [0, 0.05) is 4.88 Å². The Kier molecular flexibility index (Phi) is 3.86. The molecular formula is C12H15FN4S. The van der Waals surface area contributed by atoms with Crippen LogP contribution in [0.15, 0.2) is 6.33 Å². The molecule has 0 unspecified atom stereocenters. The highest BCUT2D eigenvalue weighted by molar-refractivity contribution is 7.11. The van der Waals surface area contributed by atoms with Crippen LogP contribution in [0.1, 0.15) is 28.2 Å². The van der Waals surface area contributed by atoms with Crippen molar-refractivity contribution in [2.45, 2.75) is 33.7 Å². The molecule has 0 radical (unpaired) electrons. The molecule has 0 amide bonds. The van der Waals surface area contributed by atoms with Gasteiger partial charge in [0.1, 0.15) is 6.33 Å². The van der Waals surface area contributed by atoms with Crippen LogP contribution in [0, 0.1) is 19.7 Å². The van der Waals surface area contributed by atoms with Crippen molar-refractivity contribution < 1.29 is 4.39 Å². The van der Waals surface area contributed by atoms with Gasteiger partial charge in [-0.25, -0.2) is 19.3 Å². The average molecular weight is 266 g/mol. The van der Waals surface area contributed by atoms with Crippen LogP contribution in [-0.2, 0) is 13.0 Å². The second-order valence-corrected chi connectivity index (χ2v) is 5.22. The number of hydrogen-bond donors (Lipinski definition) is 1. The number of nitrogens with one attached hydrogen (secondary N) is 1. The van der Waals surface area contributed by atoms with Gasteiger partial charge in [-0.1, -0.05) is 6.92 Å². The molecule has 0 atom stereocenters. The SMILES string of the molecule is CCc1ncnc(NCc2sc(C)nc2C)c1F. The third-order valence-electron chi connectivity index (χ3n) is 2.61. The summed E-state index contributed by atoms with van der Waals surface area (Å²) in [5, 5.41) is 4.02. The molecule has 0 fully saturated rings. The molecule has 2 aromatic rings. The van der Waals surface area contributed by atoms with E-state index in [4.69, 9.17) is 0 Å². The Hall–Kier alpha value is -1.56. The zero-order valence-corrected chi connectivity index (χ0v) is 11.4. The predicted molar refractivity (Wildman–Crippen MR) is 70.3 cm³/mol. The van der Waals surface area contributed by atoms with Gasteiger partial charge in [0.25, 0.3) is 0 Å². The van der Waals surface area contributed by atoms with Crippen LogP contribution in [0.25, 0.3) is 0 Å². The Morgan fingerprint density at radius 1 is 1.33 bits per heavy atom. The van der Waals surface area contributed by atoms with E-state index >= 15 is 0 Å². The van der Waals surface area contributed by atoms with Crippen LogP contribution in [0.5, 0.6) is 0 Å². The number of aromatic nitrogens is 3. The zero-order valence-electron chi connectivity index (χ0n) is 10.6. The molecule has 2 heterocycles. The maximum atomic E-state index is 13.9. The highest BCUT2D eigenvalue weighted by Gasteiger charge is 2.10. The average Bonchev–Trinajstić information content (AvgIpc) is 2.66. The smallest absolute Gasteiger partial charge is 0.186 e. The molecule has 0 saturated heterocycles. The lowest BCUT2D eigenvalue weighted by Gasteiger charge is -2.07. The molecule has 0 aliphatic heterocycles. The highest BCUT2D eigenvalue weighted by atomic mass is 32.1. The summed E-state index contributed by atoms with van der Waals surface area (Å²) in [7, 11) is 0. The van der Waals surface area contributed by atoms with Gasteiger partial charge in [-0.2, -0.15) is 0 Å². The second-order valence-electron chi connectivity index (χ2n) is 3.93. The van der Waals surface area contributed by atoms with E-state index in [2.05, 4.69) is 20.3 Å². The van der Waals surface area contributed by atoms with Gasteiger partial charge < -0.3 is 5.32 Å². The highest BCUT2D eigenvalue weighted by Crippen LogP contribution is 2.19. The Bertz CT molecular complexity index is 553. The van der Waals surface area contributed by atoms with Crippen LogP contribution in [0.3, 0.4) is 0 Å². The largest absolute Gasteiger partial charge is 0.363 e. The molecule has 0 bridgehead atoms. The maximum absolute atomic E-state index is 13.9. The van der Waals surface area contributed by atoms with Crippen molar-refractivity contribution in [2.24, 2.45) is 0 Å². The Morgan fingerprint density at radius 3 is 2.72 bits per heavy atom. The van der Waals surface area contributed by atoms with Gasteiger partial charge in [-0.3, -0.25) is 0 Å². The first-order valence-corrected chi connectivity index (χ1v) is 6.59. The topological polar surface area (TPSA) is 50.7 Å². The minimum absolute atomic E-state index is 0.257. The standard InChI is InChI=1S/C12H15FN4S/c1-4-9-11(13)12(16-6-15-9)14-5-10-7(2)17-8(3)18-10/h6H,4-5H2,1-3H3,(H,14,15,16). The summed E-state index contributed by atoms with van der Waals surface area (Å²) in [5.41, 5.74) is 1.42. The number of anilines is 1. The van der Waals surface area contributed by atoms with Crippen molar-refractivity contribution in [2.75, 3.05) is 5.32 Å². The fourth-order valence-electron chi connectivity index (χ4n) is 1.68. The van der Waals surface area contributed by atoms with E-state index in [0.29, 0.717) is 18.7 Å². The fourth-order valence-corrected chi connectivity index (χ4v) is 2.55. The van der Waals surface area contributed by atoms with E-state index in [1.165, 1.54) is 6.33 Å². The van der Waals surface area contributed by atoms with E-state index in [1.807, 2.05) is 20.8 Å². The van der Waals surface area contributed by atoms with Crippen LogP contribution < -0.4 is 5.32 Å². The summed E-state index contributed by atoms with van der Waals surface area (Å²) < 4.78 is 13.9. The quantitative estimate of drug-likeness (QED) is 0.924. The molecule has 1 N–H and O–H groups in total. The third-order valence-corrected chi connectivity index (χ3v) is 3.69. The summed E-state index contributed by atoms with van der Waals surface area (Å²) >= 11 is 1.61. The Morgan fingerprint density at radius 2 is 2.11 bits per heavy atom. The minimum Gasteiger partial charge on any atom is -0.363 e. The Labute approximate surface area is 109 Å². The van der Waals surface area contributed by atoms with Crippen molar-refractivity contribution in [3.63, 3.8) is 0 Å². The predicted octanol–water partition coefficient (Wildman–Crippen LogP) is 2.86. The van der Waals surface area contributed by atoms with E-state index in [1.54, 1.807) is 11.3 Å². The lowest BCUT2D eigenvalue weighted by Crippen LogP contribution is -2.06. The number of halogens is 1. The maximum Gasteiger partial charge on any atom is 0.186 e. The molecule has 2 rings (SSSR count). The summed E-state index contributed by atoms with van der Waals surface area (Å²) in [6.07, 6.45) is 1.94. The number of nitrogens with zero attached hydrogens (tertiary/aromatic N) is 3. The van der Waals surface area contributed by atoms with Gasteiger partial charge in [-0.15, -0.1) is 11.3 Å². The summed E-state index contributed by atoms with van der Waals surface area (Å²) in [6, 6.07) is 0. The van der Waals surface area contributed by atoms with E-state index in [0.717, 1.165) is 15.6 Å². The van der Waals surface area contributed by atoms with E-state index in [-0.39, 0.29) is 11.6 Å². The lowest BCUT2D eigenvalue weighted by atomic mass is 10.3.